The minimum atomic E-state index is -0.0392. The summed E-state index contributed by atoms with van der Waals surface area (Å²) in [6, 6.07) is 10.9. The Balaban J connectivity index is 0.000000774. The van der Waals surface area contributed by atoms with Gasteiger partial charge in [0.2, 0.25) is 0 Å². The van der Waals surface area contributed by atoms with Crippen LogP contribution in [0.5, 0.6) is 11.5 Å². The largest absolute Gasteiger partial charge is 0.497 e. The number of carbonyl (C=O) groups is 1. The molecule has 2 aromatic rings. The average Bonchev–Trinajstić information content (AvgIpc) is 2.67. The first-order chi connectivity index (χ1) is 10.2. The highest BCUT2D eigenvalue weighted by Crippen LogP contribution is 2.32. The first-order valence-corrected chi connectivity index (χ1v) is 7.62. The predicted molar refractivity (Wildman–Crippen MR) is 86.2 cm³/mol. The van der Waals surface area contributed by atoms with Crippen molar-refractivity contribution in [2.75, 3.05) is 7.11 Å². The van der Waals surface area contributed by atoms with Crippen LogP contribution in [0.3, 0.4) is 0 Å². The van der Waals surface area contributed by atoms with E-state index in [1.807, 2.05) is 32.0 Å². The van der Waals surface area contributed by atoms with E-state index in [1.54, 1.807) is 25.3 Å². The second kappa shape index (κ2) is 6.76. The smallest absolute Gasteiger partial charge is 0.197 e. The number of hydrogen-bond donors (Lipinski definition) is 0. The highest BCUT2D eigenvalue weighted by Gasteiger charge is 2.22. The van der Waals surface area contributed by atoms with Crippen molar-refractivity contribution in [3.05, 3.63) is 57.6 Å². The van der Waals surface area contributed by atoms with E-state index in [2.05, 4.69) is 15.9 Å². The van der Waals surface area contributed by atoms with Crippen molar-refractivity contribution in [2.45, 2.75) is 20.5 Å². The topological polar surface area (TPSA) is 35.5 Å². The monoisotopic (exact) mass is 348 g/mol. The van der Waals surface area contributed by atoms with Gasteiger partial charge in [-0.25, -0.2) is 0 Å². The number of methoxy groups -OCH3 is 1. The third-order valence-electron chi connectivity index (χ3n) is 3.13. The molecule has 1 heterocycles. The number of ether oxygens (including phenoxy) is 2. The van der Waals surface area contributed by atoms with Crippen LogP contribution in [-0.2, 0) is 6.61 Å². The Labute approximate surface area is 133 Å². The van der Waals surface area contributed by atoms with Gasteiger partial charge in [-0.1, -0.05) is 35.8 Å². The van der Waals surface area contributed by atoms with Gasteiger partial charge < -0.3 is 9.47 Å². The number of carbonyl (C=O) groups excluding carboxylic acids is 1. The van der Waals surface area contributed by atoms with Gasteiger partial charge in [-0.3, -0.25) is 4.79 Å². The summed E-state index contributed by atoms with van der Waals surface area (Å²) >= 11 is 3.38. The molecule has 3 nitrogen and oxygen atoms in total. The molecular formula is C17H17BrO3. The maximum absolute atomic E-state index is 12.6. The Bertz CT molecular complexity index is 665. The van der Waals surface area contributed by atoms with Crippen molar-refractivity contribution in [3.8, 4) is 11.5 Å². The molecule has 0 saturated heterocycles. The van der Waals surface area contributed by atoms with E-state index in [0.717, 1.165) is 10.0 Å². The number of hydrogen-bond acceptors (Lipinski definition) is 3. The van der Waals surface area contributed by atoms with Crippen molar-refractivity contribution < 1.29 is 14.3 Å². The van der Waals surface area contributed by atoms with Crippen LogP contribution in [0.4, 0.5) is 0 Å². The van der Waals surface area contributed by atoms with Crippen LogP contribution in [0, 0.1) is 0 Å². The third kappa shape index (κ3) is 3.10. The van der Waals surface area contributed by atoms with Crippen LogP contribution in [0.25, 0.3) is 0 Å². The lowest BCUT2D eigenvalue weighted by Crippen LogP contribution is -2.03. The molecular weight excluding hydrogens is 332 g/mol. The Morgan fingerprint density at radius 3 is 2.57 bits per heavy atom. The highest BCUT2D eigenvalue weighted by molar-refractivity contribution is 9.10. The second-order valence-electron chi connectivity index (χ2n) is 4.28. The van der Waals surface area contributed by atoms with Gasteiger partial charge in [0.05, 0.1) is 12.7 Å². The molecule has 0 unspecified atom stereocenters. The van der Waals surface area contributed by atoms with Gasteiger partial charge in [-0.15, -0.1) is 0 Å². The normalized spacial score (nSPS) is 12.1. The Hall–Kier alpha value is -1.81. The van der Waals surface area contributed by atoms with Gasteiger partial charge in [-0.05, 0) is 30.3 Å². The van der Waals surface area contributed by atoms with Crippen molar-refractivity contribution in [2.24, 2.45) is 0 Å². The molecule has 0 amide bonds. The maximum atomic E-state index is 12.6. The molecule has 110 valence electrons. The minimum absolute atomic E-state index is 0.0392. The summed E-state index contributed by atoms with van der Waals surface area (Å²) < 4.78 is 11.7. The standard InChI is InChI=1S/C15H11BrO3.C2H6/c1-18-11-4-2-9-8-19-14-5-3-10(16)6-13(14)15(17)12(9)7-11;1-2/h2-7H,8H2,1H3;1-2H3. The zero-order valence-corrected chi connectivity index (χ0v) is 13.9. The molecule has 0 saturated carbocycles. The van der Waals surface area contributed by atoms with Crippen LogP contribution < -0.4 is 9.47 Å². The van der Waals surface area contributed by atoms with Crippen LogP contribution in [0.15, 0.2) is 40.9 Å². The summed E-state index contributed by atoms with van der Waals surface area (Å²) in [5.41, 5.74) is 2.08. The van der Waals surface area contributed by atoms with Crippen LogP contribution in [0.2, 0.25) is 0 Å². The van der Waals surface area contributed by atoms with Gasteiger partial charge in [-0.2, -0.15) is 0 Å². The van der Waals surface area contributed by atoms with E-state index in [-0.39, 0.29) is 5.78 Å². The molecule has 0 aliphatic carbocycles. The fourth-order valence-corrected chi connectivity index (χ4v) is 2.49. The predicted octanol–water partition coefficient (Wildman–Crippen LogP) is 4.61. The first-order valence-electron chi connectivity index (χ1n) is 6.83. The molecule has 0 radical (unpaired) electrons. The van der Waals surface area contributed by atoms with E-state index in [9.17, 15) is 4.79 Å². The van der Waals surface area contributed by atoms with Crippen molar-refractivity contribution in [1.29, 1.82) is 0 Å². The number of halogens is 1. The van der Waals surface area contributed by atoms with E-state index in [1.165, 1.54) is 0 Å². The fourth-order valence-electron chi connectivity index (χ4n) is 2.13. The average molecular weight is 349 g/mol. The summed E-state index contributed by atoms with van der Waals surface area (Å²) in [6.07, 6.45) is 0. The zero-order chi connectivity index (χ0) is 15.4. The molecule has 0 spiro atoms. The molecule has 0 fully saturated rings. The molecule has 1 aliphatic rings. The molecule has 0 aromatic heterocycles. The van der Waals surface area contributed by atoms with Gasteiger partial charge >= 0.3 is 0 Å². The lowest BCUT2D eigenvalue weighted by molar-refractivity contribution is 0.103. The molecule has 21 heavy (non-hydrogen) atoms. The van der Waals surface area contributed by atoms with Crippen molar-refractivity contribution >= 4 is 21.7 Å². The zero-order valence-electron chi connectivity index (χ0n) is 12.3. The van der Waals surface area contributed by atoms with Crippen LogP contribution in [0.1, 0.15) is 35.3 Å². The molecule has 0 bridgehead atoms. The van der Waals surface area contributed by atoms with Gasteiger partial charge in [0.25, 0.3) is 0 Å². The highest BCUT2D eigenvalue weighted by atomic mass is 79.9. The first kappa shape index (κ1) is 15.6. The lowest BCUT2D eigenvalue weighted by Gasteiger charge is -2.06. The summed E-state index contributed by atoms with van der Waals surface area (Å²) in [5, 5.41) is 0. The van der Waals surface area contributed by atoms with E-state index in [4.69, 9.17) is 9.47 Å². The Kier molecular flexibility index (Phi) is 5.02. The minimum Gasteiger partial charge on any atom is -0.497 e. The van der Waals surface area contributed by atoms with Gasteiger partial charge in [0, 0.05) is 15.6 Å². The molecule has 4 heteroatoms. The summed E-state index contributed by atoms with van der Waals surface area (Å²) in [7, 11) is 1.59. The van der Waals surface area contributed by atoms with Gasteiger partial charge in [0.15, 0.2) is 5.78 Å². The summed E-state index contributed by atoms with van der Waals surface area (Å²) in [4.78, 5) is 12.6. The summed E-state index contributed by atoms with van der Waals surface area (Å²) in [6.45, 7) is 4.39. The maximum Gasteiger partial charge on any atom is 0.197 e. The van der Waals surface area contributed by atoms with Gasteiger partial charge in [0.1, 0.15) is 18.1 Å². The van der Waals surface area contributed by atoms with E-state index in [0.29, 0.717) is 29.2 Å². The van der Waals surface area contributed by atoms with Crippen LogP contribution >= 0.6 is 15.9 Å². The molecule has 3 rings (SSSR count). The number of fused-ring (bicyclic) bond motifs is 2. The number of rotatable bonds is 1. The summed E-state index contributed by atoms with van der Waals surface area (Å²) in [5.74, 6) is 1.25. The molecule has 0 N–H and O–H groups in total. The van der Waals surface area contributed by atoms with Crippen molar-refractivity contribution in [1.82, 2.24) is 0 Å². The van der Waals surface area contributed by atoms with E-state index < -0.39 is 0 Å². The lowest BCUT2D eigenvalue weighted by atomic mass is 9.99. The quantitative estimate of drug-likeness (QED) is 0.754. The Morgan fingerprint density at radius 2 is 1.86 bits per heavy atom. The molecule has 1 aliphatic heterocycles. The van der Waals surface area contributed by atoms with Crippen LogP contribution in [-0.4, -0.2) is 12.9 Å². The fraction of sp³-hybridized carbons (Fsp3) is 0.235. The van der Waals surface area contributed by atoms with E-state index >= 15 is 0 Å². The van der Waals surface area contributed by atoms with Crippen molar-refractivity contribution in [3.63, 3.8) is 0 Å². The Morgan fingerprint density at radius 1 is 1.10 bits per heavy atom. The molecule has 0 atom stereocenters. The molecule has 2 aromatic carbocycles. The SMILES string of the molecule is CC.COc1ccc2c(c1)C(=O)c1cc(Br)ccc1OC2. The number of benzene rings is 2. The third-order valence-corrected chi connectivity index (χ3v) is 3.62. The number of ketones is 1. The second-order valence-corrected chi connectivity index (χ2v) is 5.20.